The smallest absolute Gasteiger partial charge is 0.184 e. The van der Waals surface area contributed by atoms with Crippen LogP contribution in [-0.4, -0.2) is 14.4 Å². The second kappa shape index (κ2) is 9.57. The van der Waals surface area contributed by atoms with E-state index >= 15 is 0 Å². The van der Waals surface area contributed by atoms with E-state index in [1.54, 1.807) is 0 Å². The maximum Gasteiger partial charge on any atom is 0.184 e. The molecule has 4 aliphatic rings. The van der Waals surface area contributed by atoms with Crippen LogP contribution in [0, 0.1) is 58.2 Å². The zero-order valence-electron chi connectivity index (χ0n) is 23.9. The molecule has 0 N–H and O–H groups in total. The molecule has 0 saturated heterocycles. The minimum atomic E-state index is -1.43. The average Bonchev–Trinajstić information content (AvgIpc) is 3.08. The van der Waals surface area contributed by atoms with Gasteiger partial charge in [-0.25, -0.2) is 0 Å². The first kappa shape index (κ1) is 26.2. The van der Waals surface area contributed by atoms with Crippen molar-refractivity contribution in [2.45, 2.75) is 138 Å². The molecule has 0 bridgehead atoms. The van der Waals surface area contributed by atoms with Crippen molar-refractivity contribution in [3.63, 3.8) is 0 Å². The first-order valence-corrected chi connectivity index (χ1v) is 18.4. The Balaban J connectivity index is 1.42. The molecule has 4 rings (SSSR count). The Morgan fingerprint density at radius 3 is 2.12 bits per heavy atom. The van der Waals surface area contributed by atoms with E-state index in [2.05, 4.69) is 61.2 Å². The summed E-state index contributed by atoms with van der Waals surface area (Å²) in [4.78, 5) is 0. The maximum absolute atomic E-state index is 6.63. The number of fused-ring (bicyclic) bond motifs is 5. The van der Waals surface area contributed by atoms with Crippen molar-refractivity contribution in [1.82, 2.24) is 0 Å². The maximum atomic E-state index is 6.63. The van der Waals surface area contributed by atoms with Gasteiger partial charge in [-0.05, 0) is 136 Å². The summed E-state index contributed by atoms with van der Waals surface area (Å²) in [5.74, 6) is 7.56. The Hall–Kier alpha value is 0.177. The van der Waals surface area contributed by atoms with Crippen LogP contribution in [0.1, 0.15) is 112 Å². The van der Waals surface area contributed by atoms with Gasteiger partial charge in [0.15, 0.2) is 8.32 Å². The van der Waals surface area contributed by atoms with Crippen LogP contribution in [0.2, 0.25) is 19.6 Å². The van der Waals surface area contributed by atoms with E-state index in [1.165, 1.54) is 70.6 Å². The minimum Gasteiger partial charge on any atom is -0.415 e. The summed E-state index contributed by atoms with van der Waals surface area (Å²) in [7, 11) is -1.43. The van der Waals surface area contributed by atoms with Gasteiger partial charge in [-0.15, -0.1) is 0 Å². The fourth-order valence-corrected chi connectivity index (χ4v) is 11.1. The van der Waals surface area contributed by atoms with Crippen molar-refractivity contribution in [2.75, 3.05) is 0 Å². The molecule has 4 aliphatic carbocycles. The fraction of sp³-hybridized carbons (Fsp3) is 1.00. The van der Waals surface area contributed by atoms with Gasteiger partial charge in [-0.2, -0.15) is 0 Å². The van der Waals surface area contributed by atoms with Crippen molar-refractivity contribution in [1.29, 1.82) is 0 Å². The molecule has 0 heterocycles. The molecule has 2 heteroatoms. The SMILES string of the molecule is CC(C)[C@@H](C)CC[C@@H](C)[C@H]1CCC2C3CC[C@H]4C[C@@H](O[Si](C)(C)C)CC[C@]4(C)C3CC[C@@]21C. The van der Waals surface area contributed by atoms with Gasteiger partial charge in [0.05, 0.1) is 0 Å². The molecular formula is C31H58OSi. The Kier molecular flexibility index (Phi) is 7.61. The summed E-state index contributed by atoms with van der Waals surface area (Å²) in [6.07, 6.45) is 16.7. The van der Waals surface area contributed by atoms with Crippen molar-refractivity contribution in [2.24, 2.45) is 58.2 Å². The molecule has 33 heavy (non-hydrogen) atoms. The normalized spacial score (nSPS) is 45.3. The molecule has 4 fully saturated rings. The molecule has 0 radical (unpaired) electrons. The standard InChI is InChI=1S/C31H58OSi/c1-21(2)22(3)10-11-23(4)27-14-15-28-26-13-12-24-20-25(32-33(7,8)9)16-18-30(24,5)29(26)17-19-31(27,28)6/h21-29H,10-20H2,1-9H3/t22-,23+,24-,25-,26?,27+,28?,29?,30-,31+/m0/s1. The van der Waals surface area contributed by atoms with Crippen molar-refractivity contribution < 1.29 is 4.43 Å². The van der Waals surface area contributed by atoms with Crippen LogP contribution in [0.25, 0.3) is 0 Å². The van der Waals surface area contributed by atoms with E-state index in [0.717, 1.165) is 47.3 Å². The first-order valence-electron chi connectivity index (χ1n) is 15.0. The third-order valence-corrected chi connectivity index (χ3v) is 13.2. The summed E-state index contributed by atoms with van der Waals surface area (Å²) in [6.45, 7) is 22.5. The van der Waals surface area contributed by atoms with Gasteiger partial charge in [0.1, 0.15) is 0 Å². The van der Waals surface area contributed by atoms with Crippen molar-refractivity contribution in [3.05, 3.63) is 0 Å². The van der Waals surface area contributed by atoms with Crippen molar-refractivity contribution >= 4 is 8.32 Å². The largest absolute Gasteiger partial charge is 0.415 e. The average molecular weight is 475 g/mol. The third kappa shape index (κ3) is 5.05. The monoisotopic (exact) mass is 474 g/mol. The molecule has 3 unspecified atom stereocenters. The lowest BCUT2D eigenvalue weighted by atomic mass is 9.44. The fourth-order valence-electron chi connectivity index (χ4n) is 9.86. The highest BCUT2D eigenvalue weighted by Gasteiger charge is 2.60. The summed E-state index contributed by atoms with van der Waals surface area (Å²) in [6, 6.07) is 0. The van der Waals surface area contributed by atoms with Crippen LogP contribution in [-0.2, 0) is 4.43 Å². The Morgan fingerprint density at radius 1 is 0.788 bits per heavy atom. The van der Waals surface area contributed by atoms with Crippen LogP contribution in [0.3, 0.4) is 0 Å². The van der Waals surface area contributed by atoms with Crippen LogP contribution in [0.4, 0.5) is 0 Å². The highest BCUT2D eigenvalue weighted by molar-refractivity contribution is 6.69. The van der Waals surface area contributed by atoms with Crippen molar-refractivity contribution in [3.8, 4) is 0 Å². The molecule has 1 nitrogen and oxygen atoms in total. The molecule has 0 aromatic carbocycles. The van der Waals surface area contributed by atoms with Crippen LogP contribution in [0.5, 0.6) is 0 Å². The molecule has 10 atom stereocenters. The topological polar surface area (TPSA) is 9.23 Å². The Morgan fingerprint density at radius 2 is 1.45 bits per heavy atom. The second-order valence-corrected chi connectivity index (χ2v) is 19.7. The summed E-state index contributed by atoms with van der Waals surface area (Å²) < 4.78 is 6.63. The second-order valence-electron chi connectivity index (χ2n) is 15.3. The van der Waals surface area contributed by atoms with Gasteiger partial charge in [0, 0.05) is 6.10 Å². The molecule has 0 aromatic rings. The summed E-state index contributed by atoms with van der Waals surface area (Å²) in [5, 5.41) is 0. The van der Waals surface area contributed by atoms with E-state index < -0.39 is 8.32 Å². The zero-order valence-corrected chi connectivity index (χ0v) is 24.9. The molecule has 4 saturated carbocycles. The van der Waals surface area contributed by atoms with E-state index in [4.69, 9.17) is 4.43 Å². The first-order chi connectivity index (χ1) is 15.3. The predicted molar refractivity (Wildman–Crippen MR) is 146 cm³/mol. The van der Waals surface area contributed by atoms with Crippen LogP contribution >= 0.6 is 0 Å². The lowest BCUT2D eigenvalue weighted by Crippen LogP contribution is -2.54. The lowest BCUT2D eigenvalue weighted by Gasteiger charge is -2.61. The number of rotatable bonds is 7. The minimum absolute atomic E-state index is 0.560. The lowest BCUT2D eigenvalue weighted by molar-refractivity contribution is -0.127. The van der Waals surface area contributed by atoms with Crippen LogP contribution < -0.4 is 0 Å². The highest BCUT2D eigenvalue weighted by Crippen LogP contribution is 2.68. The Bertz CT molecular complexity index is 666. The molecule has 192 valence electrons. The summed E-state index contributed by atoms with van der Waals surface area (Å²) in [5.41, 5.74) is 1.23. The van der Waals surface area contributed by atoms with E-state index in [1.807, 2.05) is 0 Å². The molecular weight excluding hydrogens is 416 g/mol. The van der Waals surface area contributed by atoms with E-state index in [9.17, 15) is 0 Å². The molecule has 0 aliphatic heterocycles. The quantitative estimate of drug-likeness (QED) is 0.334. The Labute approximate surface area is 208 Å². The summed E-state index contributed by atoms with van der Waals surface area (Å²) >= 11 is 0. The third-order valence-electron chi connectivity index (χ3n) is 12.1. The van der Waals surface area contributed by atoms with Gasteiger partial charge >= 0.3 is 0 Å². The van der Waals surface area contributed by atoms with Gasteiger partial charge in [0.25, 0.3) is 0 Å². The number of hydrogen-bond acceptors (Lipinski definition) is 1. The molecule has 0 amide bonds. The van der Waals surface area contributed by atoms with Gasteiger partial charge in [-0.1, -0.05) is 54.4 Å². The predicted octanol–water partition coefficient (Wildman–Crippen LogP) is 9.57. The van der Waals surface area contributed by atoms with Gasteiger partial charge in [0.2, 0.25) is 0 Å². The van der Waals surface area contributed by atoms with Gasteiger partial charge < -0.3 is 4.43 Å². The highest BCUT2D eigenvalue weighted by atomic mass is 28.4. The van der Waals surface area contributed by atoms with E-state index in [-0.39, 0.29) is 0 Å². The van der Waals surface area contributed by atoms with E-state index in [0.29, 0.717) is 16.9 Å². The van der Waals surface area contributed by atoms with Gasteiger partial charge in [-0.3, -0.25) is 0 Å². The van der Waals surface area contributed by atoms with Crippen LogP contribution in [0.15, 0.2) is 0 Å². The number of hydrogen-bond donors (Lipinski definition) is 0. The zero-order chi connectivity index (χ0) is 24.2. The molecule has 0 spiro atoms. The molecule has 0 aromatic heterocycles.